The van der Waals surface area contributed by atoms with Crippen LogP contribution in [-0.4, -0.2) is 41.9 Å². The van der Waals surface area contributed by atoms with Gasteiger partial charge in [0.25, 0.3) is 0 Å². The molecule has 1 atom stereocenters. The van der Waals surface area contributed by atoms with Crippen LogP contribution in [0.25, 0.3) is 17.1 Å². The van der Waals surface area contributed by atoms with E-state index in [1.54, 1.807) is 14.0 Å². The zero-order valence-electron chi connectivity index (χ0n) is 16.7. The van der Waals surface area contributed by atoms with Gasteiger partial charge in [-0.3, -0.25) is 9.36 Å². The Bertz CT molecular complexity index is 947. The second kappa shape index (κ2) is 8.12. The predicted molar refractivity (Wildman–Crippen MR) is 108 cm³/mol. The normalized spacial score (nSPS) is 11.8. The van der Waals surface area contributed by atoms with Crippen LogP contribution in [0.15, 0.2) is 48.5 Å². The van der Waals surface area contributed by atoms with Gasteiger partial charge in [0.05, 0.1) is 7.11 Å². The lowest BCUT2D eigenvalue weighted by atomic mass is 10.1. The molecule has 146 valence electrons. The maximum atomic E-state index is 11.4. The molecule has 0 saturated carbocycles. The van der Waals surface area contributed by atoms with E-state index in [4.69, 9.17) is 9.47 Å². The van der Waals surface area contributed by atoms with E-state index in [9.17, 15) is 4.79 Å². The summed E-state index contributed by atoms with van der Waals surface area (Å²) in [6.07, 6.45) is -0.540. The average Bonchev–Trinajstić information content (AvgIpc) is 3.13. The lowest BCUT2D eigenvalue weighted by Crippen LogP contribution is -2.12. The molecule has 2 aromatic carbocycles. The van der Waals surface area contributed by atoms with Gasteiger partial charge in [0.2, 0.25) is 0 Å². The maximum absolute atomic E-state index is 11.4. The van der Waals surface area contributed by atoms with Crippen LogP contribution in [0.1, 0.15) is 25.8 Å². The van der Waals surface area contributed by atoms with E-state index in [1.165, 1.54) is 6.92 Å². The number of esters is 1. The van der Waals surface area contributed by atoms with Crippen molar-refractivity contribution in [1.82, 2.24) is 14.8 Å². The number of ether oxygens (including phenoxy) is 2. The summed E-state index contributed by atoms with van der Waals surface area (Å²) in [6.45, 7) is 3.16. The van der Waals surface area contributed by atoms with Crippen LogP contribution in [0.4, 0.5) is 5.69 Å². The highest BCUT2D eigenvalue weighted by atomic mass is 16.5. The van der Waals surface area contributed by atoms with Crippen molar-refractivity contribution in [2.24, 2.45) is 0 Å². The van der Waals surface area contributed by atoms with Gasteiger partial charge < -0.3 is 14.4 Å². The van der Waals surface area contributed by atoms with Crippen molar-refractivity contribution in [3.05, 3.63) is 54.4 Å². The summed E-state index contributed by atoms with van der Waals surface area (Å²) in [7, 11) is 5.61. The second-order valence-electron chi connectivity index (χ2n) is 6.61. The number of hydrogen-bond donors (Lipinski definition) is 0. The third-order valence-corrected chi connectivity index (χ3v) is 4.37. The van der Waals surface area contributed by atoms with Gasteiger partial charge in [-0.2, -0.15) is 0 Å². The van der Waals surface area contributed by atoms with Crippen molar-refractivity contribution in [2.75, 3.05) is 26.1 Å². The topological polar surface area (TPSA) is 69.5 Å². The molecular weight excluding hydrogens is 356 g/mol. The van der Waals surface area contributed by atoms with Gasteiger partial charge in [-0.05, 0) is 55.5 Å². The summed E-state index contributed by atoms with van der Waals surface area (Å²) in [4.78, 5) is 13.5. The molecule has 1 aromatic heterocycles. The third kappa shape index (κ3) is 3.98. The zero-order valence-corrected chi connectivity index (χ0v) is 16.7. The Morgan fingerprint density at radius 2 is 1.68 bits per heavy atom. The Kier molecular flexibility index (Phi) is 5.63. The molecule has 3 rings (SSSR count). The smallest absolute Gasteiger partial charge is 0.303 e. The standard InChI is InChI=1S/C21H24N4O3/c1-14(28-15(2)26)20-22-23-21(16-6-8-17(9-7-16)24(3)4)25(20)18-10-12-19(27-5)13-11-18/h6-14H,1-5H3. The number of hydrogen-bond acceptors (Lipinski definition) is 6. The summed E-state index contributed by atoms with van der Waals surface area (Å²) >= 11 is 0. The number of rotatable bonds is 6. The highest BCUT2D eigenvalue weighted by Crippen LogP contribution is 2.29. The van der Waals surface area contributed by atoms with Gasteiger partial charge in [0.15, 0.2) is 17.8 Å². The molecule has 0 saturated heterocycles. The van der Waals surface area contributed by atoms with Gasteiger partial charge in [-0.1, -0.05) is 0 Å². The van der Waals surface area contributed by atoms with E-state index in [-0.39, 0.29) is 5.97 Å². The number of benzene rings is 2. The molecule has 0 bridgehead atoms. The Morgan fingerprint density at radius 3 is 2.21 bits per heavy atom. The Labute approximate surface area is 164 Å². The molecule has 0 fully saturated rings. The number of carbonyl (C=O) groups excluding carboxylic acids is 1. The first-order valence-electron chi connectivity index (χ1n) is 8.95. The molecule has 0 aliphatic rings. The molecule has 28 heavy (non-hydrogen) atoms. The molecule has 0 spiro atoms. The summed E-state index contributed by atoms with van der Waals surface area (Å²) in [5.74, 6) is 1.61. The third-order valence-electron chi connectivity index (χ3n) is 4.37. The fourth-order valence-corrected chi connectivity index (χ4v) is 2.94. The molecule has 7 heteroatoms. The highest BCUT2D eigenvalue weighted by Gasteiger charge is 2.22. The molecule has 3 aromatic rings. The van der Waals surface area contributed by atoms with E-state index in [0.29, 0.717) is 11.6 Å². The van der Waals surface area contributed by atoms with Crippen molar-refractivity contribution < 1.29 is 14.3 Å². The minimum atomic E-state index is -0.540. The van der Waals surface area contributed by atoms with Crippen LogP contribution >= 0.6 is 0 Å². The van der Waals surface area contributed by atoms with Gasteiger partial charge in [-0.25, -0.2) is 0 Å². The van der Waals surface area contributed by atoms with Crippen LogP contribution in [0.2, 0.25) is 0 Å². The monoisotopic (exact) mass is 380 g/mol. The maximum Gasteiger partial charge on any atom is 0.303 e. The van der Waals surface area contributed by atoms with Gasteiger partial charge in [0, 0.05) is 38.0 Å². The summed E-state index contributed by atoms with van der Waals surface area (Å²) in [5, 5.41) is 8.70. The molecule has 0 aliphatic heterocycles. The van der Waals surface area contributed by atoms with Crippen molar-refractivity contribution in [3.8, 4) is 22.8 Å². The minimum Gasteiger partial charge on any atom is -0.497 e. The van der Waals surface area contributed by atoms with Crippen LogP contribution in [0.5, 0.6) is 5.75 Å². The van der Waals surface area contributed by atoms with E-state index < -0.39 is 6.10 Å². The quantitative estimate of drug-likeness (QED) is 0.608. The van der Waals surface area contributed by atoms with Crippen molar-refractivity contribution in [3.63, 3.8) is 0 Å². The molecule has 1 heterocycles. The van der Waals surface area contributed by atoms with E-state index in [0.717, 1.165) is 22.7 Å². The largest absolute Gasteiger partial charge is 0.497 e. The Balaban J connectivity index is 2.11. The summed E-state index contributed by atoms with van der Waals surface area (Å²) < 4.78 is 12.5. The van der Waals surface area contributed by atoms with Crippen molar-refractivity contribution in [2.45, 2.75) is 20.0 Å². The lowest BCUT2D eigenvalue weighted by molar-refractivity contribution is -0.146. The molecule has 0 radical (unpaired) electrons. The van der Waals surface area contributed by atoms with Crippen molar-refractivity contribution >= 4 is 11.7 Å². The van der Waals surface area contributed by atoms with Crippen LogP contribution in [0.3, 0.4) is 0 Å². The fraction of sp³-hybridized carbons (Fsp3) is 0.286. The van der Waals surface area contributed by atoms with Crippen LogP contribution < -0.4 is 9.64 Å². The number of anilines is 1. The minimum absolute atomic E-state index is 0.367. The number of methoxy groups -OCH3 is 1. The first-order valence-corrected chi connectivity index (χ1v) is 8.95. The molecule has 0 N–H and O–H groups in total. The molecule has 1 unspecified atom stereocenters. The van der Waals surface area contributed by atoms with Gasteiger partial charge >= 0.3 is 5.97 Å². The number of aromatic nitrogens is 3. The molecule has 0 amide bonds. The molecule has 7 nitrogen and oxygen atoms in total. The predicted octanol–water partition coefficient (Wildman–Crippen LogP) is 3.63. The fourth-order valence-electron chi connectivity index (χ4n) is 2.94. The van der Waals surface area contributed by atoms with Crippen LogP contribution in [0, 0.1) is 0 Å². The first-order chi connectivity index (χ1) is 13.4. The van der Waals surface area contributed by atoms with E-state index >= 15 is 0 Å². The number of nitrogens with zero attached hydrogens (tertiary/aromatic N) is 4. The Morgan fingerprint density at radius 1 is 1.04 bits per heavy atom. The van der Waals surface area contributed by atoms with Gasteiger partial charge in [-0.15, -0.1) is 10.2 Å². The van der Waals surface area contributed by atoms with Crippen molar-refractivity contribution in [1.29, 1.82) is 0 Å². The second-order valence-corrected chi connectivity index (χ2v) is 6.61. The Hall–Kier alpha value is -3.35. The van der Waals surface area contributed by atoms with E-state index in [1.807, 2.05) is 72.1 Å². The number of carbonyl (C=O) groups is 1. The first kappa shape index (κ1) is 19.4. The average molecular weight is 380 g/mol. The molecular formula is C21H24N4O3. The summed E-state index contributed by atoms with van der Waals surface area (Å²) in [5.41, 5.74) is 2.86. The summed E-state index contributed by atoms with van der Waals surface area (Å²) in [6, 6.07) is 15.6. The zero-order chi connectivity index (χ0) is 20.3. The SMILES string of the molecule is COc1ccc(-n2c(-c3ccc(N(C)C)cc3)nnc2C(C)OC(C)=O)cc1. The van der Waals surface area contributed by atoms with Gasteiger partial charge in [0.1, 0.15) is 5.75 Å². The molecule has 0 aliphatic carbocycles. The van der Waals surface area contributed by atoms with Crippen LogP contribution in [-0.2, 0) is 9.53 Å². The van der Waals surface area contributed by atoms with E-state index in [2.05, 4.69) is 10.2 Å². The highest BCUT2D eigenvalue weighted by molar-refractivity contribution is 5.66. The lowest BCUT2D eigenvalue weighted by Gasteiger charge is -2.16.